The average Bonchev–Trinajstić information content (AvgIpc) is 3.09. The molecule has 1 saturated heterocycles. The van der Waals surface area contributed by atoms with Crippen molar-refractivity contribution in [3.05, 3.63) is 53.6 Å². The molecule has 0 bridgehead atoms. The van der Waals surface area contributed by atoms with Crippen molar-refractivity contribution in [3.8, 4) is 5.75 Å². The third-order valence-electron chi connectivity index (χ3n) is 5.01. The SMILES string of the molecule is CC[C@H](Oc1cccc(C)c1C)C(=O)Nc1ccc(N2CCCC2=O)cc1. The van der Waals surface area contributed by atoms with Gasteiger partial charge in [0, 0.05) is 24.3 Å². The fourth-order valence-corrected chi connectivity index (χ4v) is 3.20. The van der Waals surface area contributed by atoms with Gasteiger partial charge in [-0.2, -0.15) is 0 Å². The molecule has 1 fully saturated rings. The maximum absolute atomic E-state index is 12.6. The molecule has 27 heavy (non-hydrogen) atoms. The van der Waals surface area contributed by atoms with Crippen molar-refractivity contribution in [2.75, 3.05) is 16.8 Å². The van der Waals surface area contributed by atoms with Gasteiger partial charge in [-0.3, -0.25) is 9.59 Å². The van der Waals surface area contributed by atoms with Crippen LogP contribution in [0.4, 0.5) is 11.4 Å². The predicted molar refractivity (Wildman–Crippen MR) is 107 cm³/mol. The number of hydrogen-bond donors (Lipinski definition) is 1. The molecule has 2 aromatic carbocycles. The summed E-state index contributed by atoms with van der Waals surface area (Å²) in [5.41, 5.74) is 3.74. The molecule has 0 radical (unpaired) electrons. The van der Waals surface area contributed by atoms with Crippen LogP contribution in [0.1, 0.15) is 37.3 Å². The fraction of sp³-hybridized carbons (Fsp3) is 0.364. The highest BCUT2D eigenvalue weighted by Gasteiger charge is 2.22. The summed E-state index contributed by atoms with van der Waals surface area (Å²) in [6, 6.07) is 13.2. The number of rotatable bonds is 6. The third kappa shape index (κ3) is 4.30. The van der Waals surface area contributed by atoms with E-state index in [1.54, 1.807) is 4.90 Å². The van der Waals surface area contributed by atoms with Crippen molar-refractivity contribution in [1.82, 2.24) is 0 Å². The Kier molecular flexibility index (Phi) is 5.79. The Bertz CT molecular complexity index is 830. The fourth-order valence-electron chi connectivity index (χ4n) is 3.20. The Balaban J connectivity index is 1.66. The van der Waals surface area contributed by atoms with E-state index in [2.05, 4.69) is 5.32 Å². The third-order valence-corrected chi connectivity index (χ3v) is 5.01. The van der Waals surface area contributed by atoms with Gasteiger partial charge in [-0.1, -0.05) is 19.1 Å². The highest BCUT2D eigenvalue weighted by atomic mass is 16.5. The first-order chi connectivity index (χ1) is 13.0. The summed E-state index contributed by atoms with van der Waals surface area (Å²) in [5, 5.41) is 2.91. The molecule has 142 valence electrons. The van der Waals surface area contributed by atoms with E-state index in [1.165, 1.54) is 0 Å². The minimum absolute atomic E-state index is 0.153. The summed E-state index contributed by atoms with van der Waals surface area (Å²) >= 11 is 0. The number of nitrogens with one attached hydrogen (secondary N) is 1. The molecule has 1 heterocycles. The van der Waals surface area contributed by atoms with Crippen LogP contribution in [0.15, 0.2) is 42.5 Å². The smallest absolute Gasteiger partial charge is 0.265 e. The topological polar surface area (TPSA) is 58.6 Å². The van der Waals surface area contributed by atoms with E-state index >= 15 is 0 Å². The lowest BCUT2D eigenvalue weighted by Crippen LogP contribution is -2.32. The van der Waals surface area contributed by atoms with E-state index in [0.29, 0.717) is 18.5 Å². The number of ether oxygens (including phenoxy) is 1. The zero-order valence-electron chi connectivity index (χ0n) is 16.1. The Morgan fingerprint density at radius 2 is 1.93 bits per heavy atom. The lowest BCUT2D eigenvalue weighted by molar-refractivity contribution is -0.122. The molecule has 2 amide bonds. The highest BCUT2D eigenvalue weighted by molar-refractivity contribution is 5.97. The minimum Gasteiger partial charge on any atom is -0.480 e. The molecule has 5 heteroatoms. The van der Waals surface area contributed by atoms with Crippen molar-refractivity contribution in [2.45, 2.75) is 46.1 Å². The maximum atomic E-state index is 12.6. The quantitative estimate of drug-likeness (QED) is 0.832. The molecule has 0 aliphatic carbocycles. The van der Waals surface area contributed by atoms with Gasteiger partial charge in [-0.05, 0) is 68.1 Å². The average molecular weight is 366 g/mol. The van der Waals surface area contributed by atoms with Crippen LogP contribution in [0, 0.1) is 13.8 Å². The molecule has 0 spiro atoms. The molecule has 1 atom stereocenters. The molecule has 0 saturated carbocycles. The number of amides is 2. The molecule has 0 aromatic heterocycles. The van der Waals surface area contributed by atoms with E-state index in [0.717, 1.165) is 35.5 Å². The van der Waals surface area contributed by atoms with E-state index in [-0.39, 0.29) is 11.8 Å². The van der Waals surface area contributed by atoms with Crippen LogP contribution in [-0.2, 0) is 9.59 Å². The zero-order valence-corrected chi connectivity index (χ0v) is 16.1. The predicted octanol–water partition coefficient (Wildman–Crippen LogP) is 4.23. The van der Waals surface area contributed by atoms with Gasteiger partial charge in [0.2, 0.25) is 5.91 Å². The second-order valence-corrected chi connectivity index (χ2v) is 6.90. The number of aryl methyl sites for hydroxylation is 1. The molecular formula is C22H26N2O3. The van der Waals surface area contributed by atoms with Crippen molar-refractivity contribution in [2.24, 2.45) is 0 Å². The van der Waals surface area contributed by atoms with Gasteiger partial charge < -0.3 is 15.0 Å². The van der Waals surface area contributed by atoms with Crippen LogP contribution in [0.5, 0.6) is 5.75 Å². The Labute approximate surface area is 160 Å². The van der Waals surface area contributed by atoms with E-state index in [4.69, 9.17) is 4.74 Å². The van der Waals surface area contributed by atoms with Crippen LogP contribution in [0.25, 0.3) is 0 Å². The highest BCUT2D eigenvalue weighted by Crippen LogP contribution is 2.25. The van der Waals surface area contributed by atoms with E-state index in [9.17, 15) is 9.59 Å². The zero-order chi connectivity index (χ0) is 19.4. The minimum atomic E-state index is -0.565. The van der Waals surface area contributed by atoms with Crippen molar-refractivity contribution >= 4 is 23.2 Å². The first-order valence-corrected chi connectivity index (χ1v) is 9.43. The summed E-state index contributed by atoms with van der Waals surface area (Å²) in [7, 11) is 0. The van der Waals surface area contributed by atoms with Gasteiger partial charge >= 0.3 is 0 Å². The summed E-state index contributed by atoms with van der Waals surface area (Å²) in [6.45, 7) is 6.70. The molecule has 1 N–H and O–H groups in total. The number of benzene rings is 2. The first kappa shape index (κ1) is 19.0. The second kappa shape index (κ2) is 8.25. The largest absolute Gasteiger partial charge is 0.480 e. The molecule has 5 nitrogen and oxygen atoms in total. The van der Waals surface area contributed by atoms with Gasteiger partial charge in [-0.25, -0.2) is 0 Å². The van der Waals surface area contributed by atoms with E-state index < -0.39 is 6.10 Å². The number of carbonyl (C=O) groups is 2. The van der Waals surface area contributed by atoms with Crippen LogP contribution in [0.2, 0.25) is 0 Å². The lowest BCUT2D eigenvalue weighted by Gasteiger charge is -2.20. The van der Waals surface area contributed by atoms with E-state index in [1.807, 2.05) is 63.2 Å². The monoisotopic (exact) mass is 366 g/mol. The van der Waals surface area contributed by atoms with Crippen LogP contribution >= 0.6 is 0 Å². The maximum Gasteiger partial charge on any atom is 0.265 e. The lowest BCUT2D eigenvalue weighted by atomic mass is 10.1. The number of anilines is 2. The number of nitrogens with zero attached hydrogens (tertiary/aromatic N) is 1. The Hall–Kier alpha value is -2.82. The van der Waals surface area contributed by atoms with Gasteiger partial charge in [0.1, 0.15) is 5.75 Å². The summed E-state index contributed by atoms with van der Waals surface area (Å²) in [4.78, 5) is 26.2. The molecule has 0 unspecified atom stereocenters. The molecular weight excluding hydrogens is 340 g/mol. The van der Waals surface area contributed by atoms with Gasteiger partial charge in [0.05, 0.1) is 0 Å². The Morgan fingerprint density at radius 3 is 2.56 bits per heavy atom. The van der Waals surface area contributed by atoms with Crippen molar-refractivity contribution in [3.63, 3.8) is 0 Å². The first-order valence-electron chi connectivity index (χ1n) is 9.43. The molecule has 1 aliphatic heterocycles. The summed E-state index contributed by atoms with van der Waals surface area (Å²) in [6.07, 6.45) is 1.50. The van der Waals surface area contributed by atoms with Gasteiger partial charge in [-0.15, -0.1) is 0 Å². The number of hydrogen-bond acceptors (Lipinski definition) is 3. The molecule has 2 aromatic rings. The Morgan fingerprint density at radius 1 is 1.19 bits per heavy atom. The van der Waals surface area contributed by atoms with Crippen LogP contribution < -0.4 is 15.0 Å². The van der Waals surface area contributed by atoms with Crippen molar-refractivity contribution < 1.29 is 14.3 Å². The standard InChI is InChI=1S/C22H26N2O3/c1-4-19(27-20-8-5-7-15(2)16(20)3)22(26)23-17-10-12-18(13-11-17)24-14-6-9-21(24)25/h5,7-8,10-13,19H,4,6,9,14H2,1-3H3,(H,23,26)/t19-/m0/s1. The van der Waals surface area contributed by atoms with Gasteiger partial charge in [0.25, 0.3) is 5.91 Å². The summed E-state index contributed by atoms with van der Waals surface area (Å²) < 4.78 is 5.96. The normalized spacial score (nSPS) is 14.9. The van der Waals surface area contributed by atoms with Gasteiger partial charge in [0.15, 0.2) is 6.10 Å². The molecule has 3 rings (SSSR count). The summed E-state index contributed by atoms with van der Waals surface area (Å²) in [5.74, 6) is 0.711. The van der Waals surface area contributed by atoms with Crippen LogP contribution in [-0.4, -0.2) is 24.5 Å². The van der Waals surface area contributed by atoms with Crippen LogP contribution in [0.3, 0.4) is 0 Å². The molecule has 1 aliphatic rings. The second-order valence-electron chi connectivity index (χ2n) is 6.90. The number of carbonyl (C=O) groups excluding carboxylic acids is 2. The van der Waals surface area contributed by atoms with Crippen molar-refractivity contribution in [1.29, 1.82) is 0 Å².